The Morgan fingerprint density at radius 1 is 1.44 bits per heavy atom. The van der Waals surface area contributed by atoms with Gasteiger partial charge in [-0.25, -0.2) is 15.0 Å². The van der Waals surface area contributed by atoms with Gasteiger partial charge in [0.2, 0.25) is 0 Å². The van der Waals surface area contributed by atoms with Gasteiger partial charge >= 0.3 is 0 Å². The maximum atomic E-state index is 5.93. The molecule has 2 fully saturated rings. The van der Waals surface area contributed by atoms with E-state index in [0.717, 1.165) is 12.1 Å². The Morgan fingerprint density at radius 2 is 2.33 bits per heavy atom. The lowest BCUT2D eigenvalue weighted by Gasteiger charge is -2.16. The molecule has 7 nitrogen and oxygen atoms in total. The first-order valence-electron chi connectivity index (χ1n) is 5.91. The Kier molecular flexibility index (Phi) is 1.93. The summed E-state index contributed by atoms with van der Waals surface area (Å²) in [6.07, 6.45) is 4.55. The van der Waals surface area contributed by atoms with Gasteiger partial charge in [0.05, 0.1) is 18.5 Å². The Hall–Kier alpha value is -1.73. The molecule has 4 atom stereocenters. The van der Waals surface area contributed by atoms with Crippen molar-refractivity contribution in [1.29, 1.82) is 0 Å². The van der Waals surface area contributed by atoms with Crippen LogP contribution in [0.4, 0.5) is 5.82 Å². The lowest BCUT2D eigenvalue weighted by Crippen LogP contribution is -2.14. The first-order chi connectivity index (χ1) is 8.79. The van der Waals surface area contributed by atoms with E-state index in [9.17, 15) is 0 Å². The van der Waals surface area contributed by atoms with Crippen molar-refractivity contribution in [3.63, 3.8) is 0 Å². The summed E-state index contributed by atoms with van der Waals surface area (Å²) in [7, 11) is 1.72. The van der Waals surface area contributed by atoms with Crippen molar-refractivity contribution in [3.8, 4) is 0 Å². The molecule has 2 aromatic rings. The highest BCUT2D eigenvalue weighted by atomic mass is 16.6. The summed E-state index contributed by atoms with van der Waals surface area (Å²) < 4.78 is 13.2. The lowest BCUT2D eigenvalue weighted by atomic mass is 10.3. The molecule has 2 N–H and O–H groups in total. The van der Waals surface area contributed by atoms with Crippen molar-refractivity contribution >= 4 is 17.0 Å². The first-order valence-corrected chi connectivity index (χ1v) is 5.91. The quantitative estimate of drug-likeness (QED) is 0.823. The number of nitrogen functional groups attached to an aromatic ring is 1. The van der Waals surface area contributed by atoms with E-state index >= 15 is 0 Å². The number of hydrogen-bond donors (Lipinski definition) is 1. The predicted molar refractivity (Wildman–Crippen MR) is 62.5 cm³/mol. The summed E-state index contributed by atoms with van der Waals surface area (Å²) in [6.45, 7) is 0. The molecule has 3 heterocycles. The van der Waals surface area contributed by atoms with E-state index in [-0.39, 0.29) is 18.4 Å². The monoisotopic (exact) mass is 247 g/mol. The Morgan fingerprint density at radius 3 is 3.06 bits per heavy atom. The fraction of sp³-hybridized carbons (Fsp3) is 0.545. The highest BCUT2D eigenvalue weighted by Gasteiger charge is 2.59. The molecule has 0 spiro atoms. The van der Waals surface area contributed by atoms with E-state index in [0.29, 0.717) is 17.3 Å². The average molecular weight is 247 g/mol. The Labute approximate surface area is 103 Å². The van der Waals surface area contributed by atoms with Gasteiger partial charge in [0.1, 0.15) is 18.1 Å². The molecule has 1 saturated carbocycles. The molecule has 0 amide bonds. The number of fused-ring (bicyclic) bond motifs is 2. The van der Waals surface area contributed by atoms with Gasteiger partial charge in [0, 0.05) is 19.4 Å². The van der Waals surface area contributed by atoms with Crippen molar-refractivity contribution in [3.05, 3.63) is 12.7 Å². The highest BCUT2D eigenvalue weighted by molar-refractivity contribution is 5.81. The van der Waals surface area contributed by atoms with Crippen molar-refractivity contribution in [2.45, 2.75) is 24.9 Å². The zero-order valence-corrected chi connectivity index (χ0v) is 9.85. The summed E-state index contributed by atoms with van der Waals surface area (Å²) in [6, 6.07) is 0. The largest absolute Gasteiger partial charge is 0.382 e. The van der Waals surface area contributed by atoms with E-state index in [2.05, 4.69) is 15.0 Å². The second-order valence-electron chi connectivity index (χ2n) is 4.74. The summed E-state index contributed by atoms with van der Waals surface area (Å²) in [4.78, 5) is 12.4. The topological polar surface area (TPSA) is 88.1 Å². The Balaban J connectivity index is 1.67. The van der Waals surface area contributed by atoms with Gasteiger partial charge in [0.15, 0.2) is 11.5 Å². The summed E-state index contributed by atoms with van der Waals surface area (Å²) in [5.41, 5.74) is 7.11. The van der Waals surface area contributed by atoms with Crippen LogP contribution < -0.4 is 5.73 Å². The maximum absolute atomic E-state index is 5.93. The fourth-order valence-corrected chi connectivity index (χ4v) is 2.80. The SMILES string of the molecule is COC1C2C[C@H](n3cnc4c(N)ncnc43)O[C@@H]21. The molecule has 7 heteroatoms. The van der Waals surface area contributed by atoms with Crippen molar-refractivity contribution in [2.24, 2.45) is 5.92 Å². The standard InChI is InChI=1S/C11H13N5O2/c1-17-8-5-2-6(18-9(5)8)16-4-15-7-10(12)13-3-14-11(7)16/h3-6,8-9H,2H2,1H3,(H2,12,13,14)/t5?,6-,8?,9+/m1/s1. The molecule has 0 radical (unpaired) electrons. The maximum Gasteiger partial charge on any atom is 0.167 e. The molecule has 2 aliphatic rings. The van der Waals surface area contributed by atoms with Gasteiger partial charge in [-0.1, -0.05) is 0 Å². The van der Waals surface area contributed by atoms with Gasteiger partial charge in [-0.05, 0) is 0 Å². The smallest absolute Gasteiger partial charge is 0.167 e. The highest BCUT2D eigenvalue weighted by Crippen LogP contribution is 2.51. The second-order valence-corrected chi connectivity index (χ2v) is 4.74. The fourth-order valence-electron chi connectivity index (χ4n) is 2.80. The van der Waals surface area contributed by atoms with Crippen LogP contribution in [0.3, 0.4) is 0 Å². The predicted octanol–water partition coefficient (Wildman–Crippen LogP) is 0.341. The molecule has 0 aromatic carbocycles. The minimum atomic E-state index is -0.0225. The number of methoxy groups -OCH3 is 1. The van der Waals surface area contributed by atoms with Crippen LogP contribution in [0.2, 0.25) is 0 Å². The first kappa shape index (κ1) is 10.2. The van der Waals surface area contributed by atoms with Gasteiger partial charge in [-0.15, -0.1) is 0 Å². The van der Waals surface area contributed by atoms with Gasteiger partial charge in [0.25, 0.3) is 0 Å². The molecular formula is C11H13N5O2. The normalized spacial score (nSPS) is 33.8. The molecule has 94 valence electrons. The van der Waals surface area contributed by atoms with Crippen LogP contribution in [0.25, 0.3) is 11.2 Å². The van der Waals surface area contributed by atoms with Crippen LogP contribution in [0.1, 0.15) is 12.6 Å². The number of anilines is 1. The third-order valence-electron chi connectivity index (χ3n) is 3.78. The van der Waals surface area contributed by atoms with E-state index < -0.39 is 0 Å². The minimum absolute atomic E-state index is 0.0225. The number of nitrogens with two attached hydrogens (primary N) is 1. The summed E-state index contributed by atoms with van der Waals surface area (Å²) >= 11 is 0. The van der Waals surface area contributed by atoms with Gasteiger partial charge < -0.3 is 15.2 Å². The van der Waals surface area contributed by atoms with Crippen molar-refractivity contribution in [1.82, 2.24) is 19.5 Å². The molecule has 1 aliphatic carbocycles. The lowest BCUT2D eigenvalue weighted by molar-refractivity contribution is -0.0168. The zero-order chi connectivity index (χ0) is 12.3. The summed E-state index contributed by atoms with van der Waals surface area (Å²) in [5.74, 6) is 0.897. The molecular weight excluding hydrogens is 234 g/mol. The number of ether oxygens (including phenoxy) is 2. The van der Waals surface area contributed by atoms with E-state index in [1.165, 1.54) is 6.33 Å². The number of nitrogens with zero attached hydrogens (tertiary/aromatic N) is 4. The molecule has 1 aliphatic heterocycles. The third-order valence-corrected chi connectivity index (χ3v) is 3.78. The molecule has 1 saturated heterocycles. The van der Waals surface area contributed by atoms with Gasteiger partial charge in [-0.2, -0.15) is 0 Å². The van der Waals surface area contributed by atoms with Crippen LogP contribution in [-0.4, -0.2) is 38.8 Å². The van der Waals surface area contributed by atoms with Crippen LogP contribution in [0.5, 0.6) is 0 Å². The molecule has 2 aromatic heterocycles. The van der Waals surface area contributed by atoms with E-state index in [4.69, 9.17) is 15.2 Å². The number of aromatic nitrogens is 4. The molecule has 4 rings (SSSR count). The van der Waals surface area contributed by atoms with Crippen LogP contribution >= 0.6 is 0 Å². The van der Waals surface area contributed by atoms with Crippen LogP contribution in [-0.2, 0) is 9.47 Å². The third kappa shape index (κ3) is 1.23. The second kappa shape index (κ2) is 3.39. The number of rotatable bonds is 2. The van der Waals surface area contributed by atoms with Crippen LogP contribution in [0.15, 0.2) is 12.7 Å². The Bertz CT molecular complexity index is 600. The molecule has 18 heavy (non-hydrogen) atoms. The average Bonchev–Trinajstić information content (AvgIpc) is 2.79. The number of imidazole rings is 1. The van der Waals surface area contributed by atoms with Crippen LogP contribution in [0, 0.1) is 5.92 Å². The number of hydrogen-bond acceptors (Lipinski definition) is 6. The molecule has 0 bridgehead atoms. The van der Waals surface area contributed by atoms with E-state index in [1.54, 1.807) is 13.4 Å². The van der Waals surface area contributed by atoms with Crippen molar-refractivity contribution in [2.75, 3.05) is 12.8 Å². The van der Waals surface area contributed by atoms with Gasteiger partial charge in [-0.3, -0.25) is 4.57 Å². The minimum Gasteiger partial charge on any atom is -0.382 e. The van der Waals surface area contributed by atoms with Crippen molar-refractivity contribution < 1.29 is 9.47 Å². The van der Waals surface area contributed by atoms with E-state index in [1.807, 2.05) is 4.57 Å². The zero-order valence-electron chi connectivity index (χ0n) is 9.85. The summed E-state index contributed by atoms with van der Waals surface area (Å²) in [5, 5.41) is 0. The molecule has 2 unspecified atom stereocenters.